The van der Waals surface area contributed by atoms with Gasteiger partial charge in [0.05, 0.1) is 5.54 Å². The lowest BCUT2D eigenvalue weighted by Gasteiger charge is -2.19. The summed E-state index contributed by atoms with van der Waals surface area (Å²) in [6.07, 6.45) is 2.78. The van der Waals surface area contributed by atoms with Crippen LogP contribution in [0.1, 0.15) is 32.6 Å². The van der Waals surface area contributed by atoms with Crippen LogP contribution in [-0.2, 0) is 11.3 Å². The fourth-order valence-corrected chi connectivity index (χ4v) is 3.63. The molecule has 1 amide bonds. The Morgan fingerprint density at radius 1 is 1.68 bits per heavy atom. The predicted molar refractivity (Wildman–Crippen MR) is 72.7 cm³/mol. The summed E-state index contributed by atoms with van der Waals surface area (Å²) in [5.41, 5.74) is 10.2. The van der Waals surface area contributed by atoms with Gasteiger partial charge in [0, 0.05) is 11.8 Å². The van der Waals surface area contributed by atoms with Crippen LogP contribution in [0.5, 0.6) is 0 Å². The first kappa shape index (κ1) is 14.1. The molecule has 1 aromatic rings. The van der Waals surface area contributed by atoms with Crippen molar-refractivity contribution in [3.05, 3.63) is 10.5 Å². The van der Waals surface area contributed by atoms with E-state index in [1.807, 2.05) is 6.92 Å². The third-order valence-corrected chi connectivity index (χ3v) is 4.70. The number of H-pyrrole nitrogens is 1. The minimum Gasteiger partial charge on any atom is -0.368 e. The van der Waals surface area contributed by atoms with Gasteiger partial charge in [0.2, 0.25) is 5.91 Å². The lowest BCUT2D eigenvalue weighted by molar-refractivity contribution is -0.122. The van der Waals surface area contributed by atoms with E-state index >= 15 is 0 Å². The molecule has 2 rings (SSSR count). The first-order valence-electron chi connectivity index (χ1n) is 6.37. The van der Waals surface area contributed by atoms with Crippen molar-refractivity contribution in [2.24, 2.45) is 11.5 Å². The molecule has 0 aliphatic heterocycles. The fraction of sp³-hybridized carbons (Fsp3) is 0.727. The first-order valence-corrected chi connectivity index (χ1v) is 7.25. The lowest BCUT2D eigenvalue weighted by atomic mass is 9.99. The molecule has 1 aliphatic rings. The number of hydrogen-bond acceptors (Lipinski definition) is 5. The third kappa shape index (κ3) is 2.84. The van der Waals surface area contributed by atoms with Gasteiger partial charge in [0.1, 0.15) is 0 Å². The monoisotopic (exact) mass is 285 g/mol. The number of aromatic amines is 1. The normalized spacial score (nSPS) is 26.7. The highest BCUT2D eigenvalue weighted by atomic mass is 32.2. The van der Waals surface area contributed by atoms with Gasteiger partial charge in [0.15, 0.2) is 5.16 Å². The zero-order valence-electron chi connectivity index (χ0n) is 10.9. The molecule has 1 aromatic heterocycles. The Hall–Kier alpha value is -1.28. The Morgan fingerprint density at radius 2 is 2.42 bits per heavy atom. The maximum absolute atomic E-state index is 11.6. The minimum atomic E-state index is -0.913. The summed E-state index contributed by atoms with van der Waals surface area (Å²) in [6, 6.07) is 0. The number of rotatable bonds is 5. The zero-order chi connectivity index (χ0) is 14.0. The van der Waals surface area contributed by atoms with Crippen molar-refractivity contribution in [3.63, 3.8) is 0 Å². The van der Waals surface area contributed by atoms with Gasteiger partial charge in [-0.1, -0.05) is 18.7 Å². The number of carbonyl (C=O) groups is 1. The molecule has 5 N–H and O–H groups in total. The maximum Gasteiger partial charge on any atom is 0.343 e. The molecule has 2 atom stereocenters. The number of amides is 1. The van der Waals surface area contributed by atoms with Crippen LogP contribution in [0.2, 0.25) is 0 Å². The summed E-state index contributed by atoms with van der Waals surface area (Å²) in [5.74, 6) is -0.455. The summed E-state index contributed by atoms with van der Waals surface area (Å²) >= 11 is 1.49. The van der Waals surface area contributed by atoms with Crippen LogP contribution in [-0.4, -0.2) is 31.5 Å². The van der Waals surface area contributed by atoms with Crippen LogP contribution in [0.15, 0.2) is 9.95 Å². The van der Waals surface area contributed by atoms with Gasteiger partial charge in [0.25, 0.3) is 0 Å². The molecule has 7 nitrogen and oxygen atoms in total. The van der Waals surface area contributed by atoms with Crippen molar-refractivity contribution in [3.8, 4) is 0 Å². The quantitative estimate of drug-likeness (QED) is 0.692. The largest absolute Gasteiger partial charge is 0.368 e. The Labute approximate surface area is 115 Å². The molecule has 0 saturated heterocycles. The molecule has 1 heterocycles. The van der Waals surface area contributed by atoms with Crippen LogP contribution in [0.4, 0.5) is 0 Å². The molecule has 19 heavy (non-hydrogen) atoms. The summed E-state index contributed by atoms with van der Waals surface area (Å²) < 4.78 is 1.62. The van der Waals surface area contributed by atoms with E-state index in [2.05, 4.69) is 10.2 Å². The van der Waals surface area contributed by atoms with E-state index in [-0.39, 0.29) is 10.9 Å². The van der Waals surface area contributed by atoms with Crippen LogP contribution < -0.4 is 17.2 Å². The molecule has 2 unspecified atom stereocenters. The molecule has 0 aromatic carbocycles. The molecule has 1 fully saturated rings. The van der Waals surface area contributed by atoms with Crippen molar-refractivity contribution in [2.75, 3.05) is 0 Å². The smallest absolute Gasteiger partial charge is 0.343 e. The van der Waals surface area contributed by atoms with Crippen LogP contribution in [0, 0.1) is 0 Å². The minimum absolute atomic E-state index is 0.170. The molecule has 0 spiro atoms. The number of carbonyl (C=O) groups excluding carboxylic acids is 1. The standard InChI is InChI=1S/C11H19N5O2S/c1-2-5-16-9(18)14-15-10(16)19-7-3-4-11(13,6-7)8(12)17/h7H,2-6,13H2,1H3,(H2,12,17)(H,14,18). The number of thioether (sulfide) groups is 1. The molecule has 8 heteroatoms. The molecular formula is C11H19N5O2S. The SMILES string of the molecule is CCCn1c(SC2CCC(N)(C(N)=O)C2)n[nH]c1=O. The topological polar surface area (TPSA) is 120 Å². The third-order valence-electron chi connectivity index (χ3n) is 3.44. The number of nitrogens with two attached hydrogens (primary N) is 2. The van der Waals surface area contributed by atoms with E-state index in [0.717, 1.165) is 12.8 Å². The van der Waals surface area contributed by atoms with E-state index in [0.29, 0.717) is 24.5 Å². The maximum atomic E-state index is 11.6. The highest BCUT2D eigenvalue weighted by molar-refractivity contribution is 7.99. The molecular weight excluding hydrogens is 266 g/mol. The Morgan fingerprint density at radius 3 is 3.00 bits per heavy atom. The van der Waals surface area contributed by atoms with Crippen LogP contribution in [0.3, 0.4) is 0 Å². The second-order valence-electron chi connectivity index (χ2n) is 4.97. The Kier molecular flexibility index (Phi) is 4.00. The van der Waals surface area contributed by atoms with Gasteiger partial charge in [-0.15, -0.1) is 5.10 Å². The summed E-state index contributed by atoms with van der Waals surface area (Å²) in [4.78, 5) is 22.9. The van der Waals surface area contributed by atoms with E-state index in [1.165, 1.54) is 11.8 Å². The van der Waals surface area contributed by atoms with Crippen LogP contribution >= 0.6 is 11.8 Å². The molecule has 0 radical (unpaired) electrons. The van der Waals surface area contributed by atoms with Gasteiger partial charge >= 0.3 is 5.69 Å². The van der Waals surface area contributed by atoms with E-state index < -0.39 is 11.4 Å². The predicted octanol–water partition coefficient (Wildman–Crippen LogP) is -0.191. The molecule has 0 bridgehead atoms. The summed E-state index contributed by atoms with van der Waals surface area (Å²) in [6.45, 7) is 2.63. The van der Waals surface area contributed by atoms with E-state index in [4.69, 9.17) is 11.5 Å². The molecule has 106 valence electrons. The second-order valence-corrected chi connectivity index (χ2v) is 6.23. The molecule has 1 aliphatic carbocycles. The van der Waals surface area contributed by atoms with Crippen molar-refractivity contribution in [1.29, 1.82) is 0 Å². The van der Waals surface area contributed by atoms with Crippen LogP contribution in [0.25, 0.3) is 0 Å². The summed E-state index contributed by atoms with van der Waals surface area (Å²) in [5, 5.41) is 7.30. The summed E-state index contributed by atoms with van der Waals surface area (Å²) in [7, 11) is 0. The number of primary amides is 1. The van der Waals surface area contributed by atoms with Gasteiger partial charge in [-0.05, 0) is 25.7 Å². The van der Waals surface area contributed by atoms with Crippen molar-refractivity contribution in [2.45, 2.75) is 55.1 Å². The van der Waals surface area contributed by atoms with Gasteiger partial charge in [-0.25, -0.2) is 9.89 Å². The number of aromatic nitrogens is 3. The van der Waals surface area contributed by atoms with Gasteiger partial charge < -0.3 is 11.5 Å². The lowest BCUT2D eigenvalue weighted by Crippen LogP contribution is -2.50. The number of hydrogen-bond donors (Lipinski definition) is 3. The average Bonchev–Trinajstić information content (AvgIpc) is 2.89. The van der Waals surface area contributed by atoms with Crippen molar-refractivity contribution < 1.29 is 4.79 Å². The van der Waals surface area contributed by atoms with Gasteiger partial charge in [-0.3, -0.25) is 9.36 Å². The van der Waals surface area contributed by atoms with Crippen molar-refractivity contribution in [1.82, 2.24) is 14.8 Å². The fourth-order valence-electron chi connectivity index (χ4n) is 2.32. The first-order chi connectivity index (χ1) is 8.96. The second kappa shape index (κ2) is 5.38. The number of nitrogens with zero attached hydrogens (tertiary/aromatic N) is 2. The van der Waals surface area contributed by atoms with E-state index in [9.17, 15) is 9.59 Å². The highest BCUT2D eigenvalue weighted by Gasteiger charge is 2.41. The number of nitrogens with one attached hydrogen (secondary N) is 1. The Balaban J connectivity index is 2.07. The average molecular weight is 285 g/mol. The van der Waals surface area contributed by atoms with Crippen molar-refractivity contribution >= 4 is 17.7 Å². The molecule has 1 saturated carbocycles. The highest BCUT2D eigenvalue weighted by Crippen LogP contribution is 2.37. The zero-order valence-corrected chi connectivity index (χ0v) is 11.7. The van der Waals surface area contributed by atoms with E-state index in [1.54, 1.807) is 4.57 Å². The van der Waals surface area contributed by atoms with Gasteiger partial charge in [-0.2, -0.15) is 0 Å². The Bertz CT molecular complexity index is 525.